The van der Waals surface area contributed by atoms with E-state index in [2.05, 4.69) is 39.2 Å². The molecular weight excluding hydrogens is 282 g/mol. The number of ether oxygens (including phenoxy) is 2. The van der Waals surface area contributed by atoms with Gasteiger partial charge in [0.05, 0.1) is 26.1 Å². The molecule has 118 valence electrons. The highest BCUT2D eigenvalue weighted by atomic mass is 16.5. The Morgan fingerprint density at radius 3 is 2.55 bits per heavy atom. The monoisotopic (exact) mass is 303 g/mol. The minimum absolute atomic E-state index is 0.413. The molecule has 0 aliphatic carbocycles. The fourth-order valence-corrected chi connectivity index (χ4v) is 2.08. The Bertz CT molecular complexity index is 617. The zero-order valence-corrected chi connectivity index (χ0v) is 13.3. The van der Waals surface area contributed by atoms with Crippen molar-refractivity contribution in [1.82, 2.24) is 15.2 Å². The van der Waals surface area contributed by atoms with Gasteiger partial charge in [0, 0.05) is 19.2 Å². The van der Waals surface area contributed by atoms with Crippen LogP contribution in [0.15, 0.2) is 24.4 Å². The fraction of sp³-hybridized carbons (Fsp3) is 0.400. The normalized spacial score (nSPS) is 10.2. The predicted molar refractivity (Wildman–Crippen MR) is 86.2 cm³/mol. The summed E-state index contributed by atoms with van der Waals surface area (Å²) >= 11 is 0. The van der Waals surface area contributed by atoms with Crippen LogP contribution in [0.2, 0.25) is 0 Å². The minimum atomic E-state index is 0.413. The Morgan fingerprint density at radius 2 is 1.91 bits per heavy atom. The Balaban J connectivity index is 2.29. The summed E-state index contributed by atoms with van der Waals surface area (Å²) in [6.45, 7) is 5.86. The van der Waals surface area contributed by atoms with Crippen LogP contribution in [0.3, 0.4) is 0 Å². The van der Waals surface area contributed by atoms with E-state index in [0.29, 0.717) is 11.7 Å². The van der Waals surface area contributed by atoms with Crippen molar-refractivity contribution in [3.05, 3.63) is 24.4 Å². The Labute approximate surface area is 130 Å². The summed E-state index contributed by atoms with van der Waals surface area (Å²) in [7, 11) is 3.23. The van der Waals surface area contributed by atoms with Crippen molar-refractivity contribution in [3.63, 3.8) is 0 Å². The van der Waals surface area contributed by atoms with Gasteiger partial charge in [0.2, 0.25) is 5.95 Å². The smallest absolute Gasteiger partial charge is 0.249 e. The molecule has 0 saturated heterocycles. The van der Waals surface area contributed by atoms with Crippen molar-refractivity contribution in [2.45, 2.75) is 13.8 Å². The van der Waals surface area contributed by atoms with Gasteiger partial charge in [0.25, 0.3) is 0 Å². The maximum absolute atomic E-state index is 5.33. The average molecular weight is 303 g/mol. The van der Waals surface area contributed by atoms with E-state index >= 15 is 0 Å². The number of hydrogen-bond donors (Lipinski definition) is 1. The molecule has 7 nitrogen and oxygen atoms in total. The molecule has 1 aromatic carbocycles. The van der Waals surface area contributed by atoms with Gasteiger partial charge >= 0.3 is 0 Å². The van der Waals surface area contributed by atoms with E-state index < -0.39 is 0 Å². The molecule has 0 fully saturated rings. The van der Waals surface area contributed by atoms with E-state index in [-0.39, 0.29) is 0 Å². The standard InChI is InChI=1S/C15H21N5O2/c1-5-20(6-2)14-10-16-19-15(18-14)17-12-9-11(21-3)7-8-13(12)22-4/h7-10H,5-6H2,1-4H3,(H,17,18,19). The van der Waals surface area contributed by atoms with Gasteiger partial charge in [-0.2, -0.15) is 10.1 Å². The molecule has 2 rings (SSSR count). The molecule has 0 aliphatic heterocycles. The maximum atomic E-state index is 5.33. The first-order valence-electron chi connectivity index (χ1n) is 7.15. The summed E-state index contributed by atoms with van der Waals surface area (Å²) in [4.78, 5) is 6.59. The molecule has 0 bridgehead atoms. The molecule has 0 aliphatic rings. The number of anilines is 3. The third-order valence-electron chi connectivity index (χ3n) is 3.29. The van der Waals surface area contributed by atoms with Crippen LogP contribution in [-0.4, -0.2) is 42.5 Å². The van der Waals surface area contributed by atoms with Crippen LogP contribution in [0.1, 0.15) is 13.8 Å². The Morgan fingerprint density at radius 1 is 1.14 bits per heavy atom. The van der Waals surface area contributed by atoms with Crippen molar-refractivity contribution in [1.29, 1.82) is 0 Å². The van der Waals surface area contributed by atoms with E-state index in [4.69, 9.17) is 9.47 Å². The predicted octanol–water partition coefficient (Wildman–Crippen LogP) is 2.48. The van der Waals surface area contributed by atoms with Gasteiger partial charge in [0.1, 0.15) is 11.5 Å². The fourth-order valence-electron chi connectivity index (χ4n) is 2.08. The molecule has 0 unspecified atom stereocenters. The average Bonchev–Trinajstić information content (AvgIpc) is 2.56. The largest absolute Gasteiger partial charge is 0.497 e. The van der Waals surface area contributed by atoms with Gasteiger partial charge in [-0.15, -0.1) is 5.10 Å². The minimum Gasteiger partial charge on any atom is -0.497 e. The van der Waals surface area contributed by atoms with E-state index in [9.17, 15) is 0 Å². The number of nitrogens with zero attached hydrogens (tertiary/aromatic N) is 4. The van der Waals surface area contributed by atoms with E-state index in [0.717, 1.165) is 30.3 Å². The molecule has 1 heterocycles. The number of methoxy groups -OCH3 is 2. The Hall–Kier alpha value is -2.57. The summed E-state index contributed by atoms with van der Waals surface area (Å²) in [5.41, 5.74) is 0.723. The molecule has 0 radical (unpaired) electrons. The Kier molecular flexibility index (Phi) is 5.35. The molecule has 0 atom stereocenters. The van der Waals surface area contributed by atoms with Crippen molar-refractivity contribution in [2.75, 3.05) is 37.5 Å². The zero-order chi connectivity index (χ0) is 15.9. The van der Waals surface area contributed by atoms with Crippen LogP contribution in [-0.2, 0) is 0 Å². The quantitative estimate of drug-likeness (QED) is 0.842. The van der Waals surface area contributed by atoms with Gasteiger partial charge in [-0.25, -0.2) is 0 Å². The van der Waals surface area contributed by atoms with Crippen LogP contribution in [0.4, 0.5) is 17.5 Å². The molecule has 0 saturated carbocycles. The lowest BCUT2D eigenvalue weighted by Gasteiger charge is -2.19. The second-order valence-electron chi connectivity index (χ2n) is 4.50. The number of aromatic nitrogens is 3. The van der Waals surface area contributed by atoms with Crippen LogP contribution in [0.5, 0.6) is 11.5 Å². The summed E-state index contributed by atoms with van der Waals surface area (Å²) in [5.74, 6) is 2.59. The molecular formula is C15H21N5O2. The molecule has 22 heavy (non-hydrogen) atoms. The third-order valence-corrected chi connectivity index (χ3v) is 3.29. The van der Waals surface area contributed by atoms with Crippen LogP contribution >= 0.6 is 0 Å². The van der Waals surface area contributed by atoms with Gasteiger partial charge < -0.3 is 19.7 Å². The van der Waals surface area contributed by atoms with Crippen molar-refractivity contribution < 1.29 is 9.47 Å². The lowest BCUT2D eigenvalue weighted by Crippen LogP contribution is -2.23. The van der Waals surface area contributed by atoms with Crippen molar-refractivity contribution in [3.8, 4) is 11.5 Å². The highest BCUT2D eigenvalue weighted by Gasteiger charge is 2.10. The van der Waals surface area contributed by atoms with Crippen LogP contribution in [0.25, 0.3) is 0 Å². The lowest BCUT2D eigenvalue weighted by atomic mass is 10.2. The number of hydrogen-bond acceptors (Lipinski definition) is 7. The summed E-state index contributed by atoms with van der Waals surface area (Å²) in [6.07, 6.45) is 1.65. The van der Waals surface area contributed by atoms with Gasteiger partial charge in [-0.05, 0) is 26.0 Å². The lowest BCUT2D eigenvalue weighted by molar-refractivity contribution is 0.405. The number of rotatable bonds is 7. The zero-order valence-electron chi connectivity index (χ0n) is 13.3. The molecule has 1 N–H and O–H groups in total. The molecule has 0 amide bonds. The summed E-state index contributed by atoms with van der Waals surface area (Å²) in [6, 6.07) is 5.48. The molecule has 0 spiro atoms. The second-order valence-corrected chi connectivity index (χ2v) is 4.50. The van der Waals surface area contributed by atoms with Gasteiger partial charge in [-0.1, -0.05) is 0 Å². The summed E-state index contributed by atoms with van der Waals surface area (Å²) < 4.78 is 10.6. The SMILES string of the molecule is CCN(CC)c1cnnc(Nc2cc(OC)ccc2OC)n1. The van der Waals surface area contributed by atoms with Gasteiger partial charge in [0.15, 0.2) is 5.82 Å². The van der Waals surface area contributed by atoms with Crippen molar-refractivity contribution in [2.24, 2.45) is 0 Å². The van der Waals surface area contributed by atoms with Gasteiger partial charge in [-0.3, -0.25) is 0 Å². The first-order valence-corrected chi connectivity index (χ1v) is 7.15. The molecule has 1 aromatic heterocycles. The van der Waals surface area contributed by atoms with E-state index in [1.54, 1.807) is 20.4 Å². The molecule has 7 heteroatoms. The third kappa shape index (κ3) is 3.55. The van der Waals surface area contributed by atoms with E-state index in [1.165, 1.54) is 0 Å². The first kappa shape index (κ1) is 15.8. The first-order chi connectivity index (χ1) is 10.7. The molecule has 2 aromatic rings. The summed E-state index contributed by atoms with van der Waals surface area (Å²) in [5, 5.41) is 11.2. The number of nitrogens with one attached hydrogen (secondary N) is 1. The van der Waals surface area contributed by atoms with Crippen LogP contribution in [0, 0.1) is 0 Å². The highest BCUT2D eigenvalue weighted by molar-refractivity contribution is 5.65. The second kappa shape index (κ2) is 7.44. The topological polar surface area (TPSA) is 72.4 Å². The van der Waals surface area contributed by atoms with Crippen LogP contribution < -0.4 is 19.7 Å². The number of benzene rings is 1. The highest BCUT2D eigenvalue weighted by Crippen LogP contribution is 2.30. The van der Waals surface area contributed by atoms with E-state index in [1.807, 2.05) is 18.2 Å². The van der Waals surface area contributed by atoms with Crippen molar-refractivity contribution >= 4 is 17.5 Å². The maximum Gasteiger partial charge on any atom is 0.249 e.